The molecule has 2 heterocycles. The third kappa shape index (κ3) is 7.54. The molecule has 0 bridgehead atoms. The Hall–Kier alpha value is -3.11. The Balaban J connectivity index is 1.54. The van der Waals surface area contributed by atoms with Crippen molar-refractivity contribution in [2.24, 2.45) is 11.8 Å². The summed E-state index contributed by atoms with van der Waals surface area (Å²) in [6, 6.07) is 4.67. The summed E-state index contributed by atoms with van der Waals surface area (Å²) in [4.78, 5) is 30.3. The second-order valence-electron chi connectivity index (χ2n) is 11.7. The van der Waals surface area contributed by atoms with Gasteiger partial charge in [-0.15, -0.1) is 0 Å². The van der Waals surface area contributed by atoms with Gasteiger partial charge in [0.15, 0.2) is 5.76 Å². The van der Waals surface area contributed by atoms with Crippen molar-refractivity contribution in [1.82, 2.24) is 15.0 Å². The highest BCUT2D eigenvalue weighted by atomic mass is 16.5. The number of urea groups is 1. The van der Waals surface area contributed by atoms with Crippen molar-refractivity contribution >= 4 is 23.3 Å². The largest absolute Gasteiger partial charge is 0.488 e. The number of benzene rings is 1. The monoisotopic (exact) mass is 555 g/mol. The van der Waals surface area contributed by atoms with Crippen LogP contribution in [0.1, 0.15) is 63.0 Å². The lowest BCUT2D eigenvalue weighted by Crippen LogP contribution is -2.48. The summed E-state index contributed by atoms with van der Waals surface area (Å²) in [5.74, 6) is 1.86. The van der Waals surface area contributed by atoms with Crippen molar-refractivity contribution in [3.05, 3.63) is 35.2 Å². The predicted molar refractivity (Wildman–Crippen MR) is 155 cm³/mol. The molecule has 1 saturated carbocycles. The quantitative estimate of drug-likeness (QED) is 0.436. The number of ether oxygens (including phenoxy) is 1. The minimum atomic E-state index is -0.434. The summed E-state index contributed by atoms with van der Waals surface area (Å²) in [5, 5.41) is 19.4. The molecular weight excluding hydrogens is 510 g/mol. The van der Waals surface area contributed by atoms with Crippen LogP contribution in [0.2, 0.25) is 0 Å². The Morgan fingerprint density at radius 1 is 1.20 bits per heavy atom. The molecule has 1 fully saturated rings. The number of hydrogen-bond donors (Lipinski definition) is 3. The Morgan fingerprint density at radius 3 is 2.62 bits per heavy atom. The van der Waals surface area contributed by atoms with Crippen LogP contribution in [0.25, 0.3) is 0 Å². The van der Waals surface area contributed by atoms with Crippen LogP contribution in [-0.4, -0.2) is 77.4 Å². The number of nitrogens with one attached hydrogen (secondary N) is 2. The third-order valence-electron chi connectivity index (χ3n) is 8.23. The number of aryl methyl sites for hydroxylation is 2. The third-order valence-corrected chi connectivity index (χ3v) is 8.23. The molecule has 0 saturated heterocycles. The Bertz CT molecular complexity index is 1140. The van der Waals surface area contributed by atoms with Gasteiger partial charge in [-0.25, -0.2) is 4.79 Å². The van der Waals surface area contributed by atoms with E-state index in [2.05, 4.69) is 34.7 Å². The SMILES string of the molecule is Cc1noc(C)c1NC(=O)Nc1ccc2c(c1)CC(=O)N([C@H](C)CO)C[C@@H](C)[C@H](CN(C)CC1CCCCC1)O2. The molecule has 0 unspecified atom stereocenters. The smallest absolute Gasteiger partial charge is 0.323 e. The maximum atomic E-state index is 13.5. The zero-order chi connectivity index (χ0) is 28.8. The first-order valence-electron chi connectivity index (χ1n) is 14.5. The lowest BCUT2D eigenvalue weighted by Gasteiger charge is -2.35. The lowest BCUT2D eigenvalue weighted by molar-refractivity contribution is -0.134. The number of likely N-dealkylation sites (N-methyl/N-ethyl adjacent to an activating group) is 1. The number of fused-ring (bicyclic) bond motifs is 1. The van der Waals surface area contributed by atoms with Crippen molar-refractivity contribution in [2.45, 2.75) is 78.4 Å². The van der Waals surface area contributed by atoms with E-state index in [4.69, 9.17) is 9.26 Å². The van der Waals surface area contributed by atoms with E-state index < -0.39 is 6.03 Å². The fourth-order valence-electron chi connectivity index (χ4n) is 5.85. The first kappa shape index (κ1) is 29.9. The number of aromatic nitrogens is 1. The number of hydrogen-bond acceptors (Lipinski definition) is 7. The molecule has 3 atom stereocenters. The van der Waals surface area contributed by atoms with Gasteiger partial charge in [0.25, 0.3) is 0 Å². The number of amides is 3. The van der Waals surface area contributed by atoms with E-state index >= 15 is 0 Å². The molecule has 0 spiro atoms. The zero-order valence-electron chi connectivity index (χ0n) is 24.5. The molecule has 0 radical (unpaired) electrons. The number of aliphatic hydroxyl groups excluding tert-OH is 1. The number of anilines is 2. The molecule has 1 aliphatic carbocycles. The van der Waals surface area contributed by atoms with Crippen LogP contribution < -0.4 is 15.4 Å². The fourth-order valence-corrected chi connectivity index (χ4v) is 5.85. The van der Waals surface area contributed by atoms with Gasteiger partial charge in [-0.1, -0.05) is 31.3 Å². The van der Waals surface area contributed by atoms with Crippen molar-refractivity contribution in [1.29, 1.82) is 0 Å². The summed E-state index contributed by atoms with van der Waals surface area (Å²) < 4.78 is 11.8. The van der Waals surface area contributed by atoms with Crippen LogP contribution >= 0.6 is 0 Å². The highest BCUT2D eigenvalue weighted by Crippen LogP contribution is 2.30. The van der Waals surface area contributed by atoms with E-state index in [9.17, 15) is 14.7 Å². The van der Waals surface area contributed by atoms with Gasteiger partial charge >= 0.3 is 6.03 Å². The van der Waals surface area contributed by atoms with Gasteiger partial charge in [0.05, 0.1) is 19.1 Å². The molecule has 1 aromatic carbocycles. The first-order valence-corrected chi connectivity index (χ1v) is 14.5. The van der Waals surface area contributed by atoms with E-state index in [1.54, 1.807) is 30.9 Å². The molecule has 2 aliphatic rings. The number of carbonyl (C=O) groups excluding carboxylic acids is 2. The Labute approximate surface area is 237 Å². The normalized spacial score (nSPS) is 21.2. The molecule has 10 heteroatoms. The van der Waals surface area contributed by atoms with Gasteiger partial charge in [0.2, 0.25) is 5.91 Å². The summed E-state index contributed by atoms with van der Waals surface area (Å²) in [6.07, 6.45) is 6.49. The van der Waals surface area contributed by atoms with Gasteiger partial charge in [-0.3, -0.25) is 4.79 Å². The van der Waals surface area contributed by atoms with Crippen molar-refractivity contribution in [3.63, 3.8) is 0 Å². The van der Waals surface area contributed by atoms with Crippen molar-refractivity contribution in [2.75, 3.05) is 43.9 Å². The second-order valence-corrected chi connectivity index (χ2v) is 11.7. The van der Waals surface area contributed by atoms with E-state index in [1.165, 1.54) is 32.1 Å². The molecule has 2 aromatic rings. The average molecular weight is 556 g/mol. The minimum absolute atomic E-state index is 0.0522. The van der Waals surface area contributed by atoms with Gasteiger partial charge < -0.3 is 34.8 Å². The van der Waals surface area contributed by atoms with Crippen LogP contribution in [0.3, 0.4) is 0 Å². The molecule has 1 aliphatic heterocycles. The van der Waals surface area contributed by atoms with E-state index in [0.717, 1.165) is 19.0 Å². The average Bonchev–Trinajstić information content (AvgIpc) is 3.25. The molecule has 3 N–H and O–H groups in total. The Morgan fingerprint density at radius 2 is 1.95 bits per heavy atom. The number of carbonyl (C=O) groups is 2. The van der Waals surface area contributed by atoms with Crippen LogP contribution in [0.5, 0.6) is 5.75 Å². The topological polar surface area (TPSA) is 120 Å². The van der Waals surface area contributed by atoms with Crippen molar-refractivity contribution < 1.29 is 24.0 Å². The minimum Gasteiger partial charge on any atom is -0.488 e. The summed E-state index contributed by atoms with van der Waals surface area (Å²) in [7, 11) is 2.15. The van der Waals surface area contributed by atoms with Crippen LogP contribution in [0, 0.1) is 25.7 Å². The van der Waals surface area contributed by atoms with E-state index in [-0.39, 0.29) is 37.0 Å². The molecular formula is C30H45N5O5. The standard InChI is InChI=1S/C30H45N5O5/c1-19-15-35(20(2)18-36)28(37)14-24-13-25(31-30(38)32-29-21(3)33-40-22(29)4)11-12-26(24)39-27(19)17-34(5)16-23-9-7-6-8-10-23/h11-13,19-20,23,27,36H,6-10,14-18H2,1-5H3,(H2,31,32,38)/t19-,20-,27+/m1/s1. The van der Waals surface area contributed by atoms with Gasteiger partial charge in [0, 0.05) is 36.8 Å². The van der Waals surface area contributed by atoms with Crippen LogP contribution in [0.4, 0.5) is 16.2 Å². The molecule has 220 valence electrons. The zero-order valence-corrected chi connectivity index (χ0v) is 24.5. The summed E-state index contributed by atoms with van der Waals surface area (Å²) in [6.45, 7) is 9.64. The maximum absolute atomic E-state index is 13.5. The molecule has 10 nitrogen and oxygen atoms in total. The maximum Gasteiger partial charge on any atom is 0.323 e. The number of aliphatic hydroxyl groups is 1. The van der Waals surface area contributed by atoms with Gasteiger partial charge in [0.1, 0.15) is 23.2 Å². The lowest BCUT2D eigenvalue weighted by atomic mass is 9.89. The fraction of sp³-hybridized carbons (Fsp3) is 0.633. The van der Waals surface area contributed by atoms with Crippen LogP contribution in [-0.2, 0) is 11.2 Å². The molecule has 4 rings (SSSR count). The summed E-state index contributed by atoms with van der Waals surface area (Å²) >= 11 is 0. The highest BCUT2D eigenvalue weighted by molar-refractivity contribution is 6.00. The molecule has 3 amide bonds. The Kier molecular flexibility index (Phi) is 10.1. The first-order chi connectivity index (χ1) is 19.1. The van der Waals surface area contributed by atoms with E-state index in [0.29, 0.717) is 40.7 Å². The van der Waals surface area contributed by atoms with Gasteiger partial charge in [-0.05, 0) is 64.8 Å². The van der Waals surface area contributed by atoms with E-state index in [1.807, 2.05) is 13.0 Å². The summed E-state index contributed by atoms with van der Waals surface area (Å²) in [5.41, 5.74) is 2.36. The van der Waals surface area contributed by atoms with Crippen molar-refractivity contribution in [3.8, 4) is 5.75 Å². The highest BCUT2D eigenvalue weighted by Gasteiger charge is 2.31. The van der Waals surface area contributed by atoms with Gasteiger partial charge in [-0.2, -0.15) is 0 Å². The van der Waals surface area contributed by atoms with Crippen LogP contribution in [0.15, 0.2) is 22.7 Å². The number of nitrogens with zero attached hydrogens (tertiary/aromatic N) is 3. The predicted octanol–water partition coefficient (Wildman–Crippen LogP) is 4.60. The molecule has 1 aromatic heterocycles. The molecule has 40 heavy (non-hydrogen) atoms. The second kappa shape index (κ2) is 13.5. The number of rotatable bonds is 8.